The molecule has 2 saturated heterocycles. The lowest BCUT2D eigenvalue weighted by Gasteiger charge is -2.39. The number of rotatable bonds is 7. The Hall–Kier alpha value is -2.70. The number of nitrogens with zero attached hydrogens (tertiary/aromatic N) is 3. The normalized spacial score (nSPS) is 18.8. The van der Waals surface area contributed by atoms with E-state index in [2.05, 4.69) is 0 Å². The van der Waals surface area contributed by atoms with Gasteiger partial charge < -0.3 is 9.64 Å². The molecular weight excluding hydrogens is 450 g/mol. The molecule has 0 spiro atoms. The van der Waals surface area contributed by atoms with E-state index in [1.165, 1.54) is 6.42 Å². The van der Waals surface area contributed by atoms with Crippen molar-refractivity contribution in [2.45, 2.75) is 51.7 Å². The molecule has 178 valence electrons. The molecular formula is C27H30ClN3O3. The van der Waals surface area contributed by atoms with Gasteiger partial charge in [-0.3, -0.25) is 14.3 Å². The Morgan fingerprint density at radius 3 is 2.68 bits per heavy atom. The maximum Gasteiger partial charge on any atom is 0.253 e. The number of fused-ring (bicyclic) bond motifs is 1. The molecule has 3 aromatic rings. The van der Waals surface area contributed by atoms with Crippen LogP contribution in [0, 0.1) is 12.8 Å². The summed E-state index contributed by atoms with van der Waals surface area (Å²) < 4.78 is 7.73. The molecule has 34 heavy (non-hydrogen) atoms. The van der Waals surface area contributed by atoms with Crippen LogP contribution in [0.15, 0.2) is 42.6 Å². The average molecular weight is 480 g/mol. The summed E-state index contributed by atoms with van der Waals surface area (Å²) in [7, 11) is 0. The van der Waals surface area contributed by atoms with Crippen molar-refractivity contribution in [2.75, 3.05) is 19.7 Å². The minimum atomic E-state index is 0.0379. The standard InChI is InChI=1S/C27H30ClN3O3/c1-18-12-25-21(13-24(18)26(32)10-9-23-4-2-3-11-34-23)17-31(29-25)16-19-14-30(15-19)27(33)20-5-7-22(28)8-6-20/h5-8,12-13,17,19,23H,2-4,9-11,14-16H2,1H3. The number of aromatic nitrogens is 2. The molecule has 5 rings (SSSR count). The van der Waals surface area contributed by atoms with Crippen LogP contribution in [0.5, 0.6) is 0 Å². The first-order valence-electron chi connectivity index (χ1n) is 12.1. The summed E-state index contributed by atoms with van der Waals surface area (Å²) in [5.74, 6) is 0.580. The molecule has 0 saturated carbocycles. The van der Waals surface area contributed by atoms with Crippen molar-refractivity contribution in [2.24, 2.45) is 5.92 Å². The third-order valence-electron chi connectivity index (χ3n) is 6.95. The highest BCUT2D eigenvalue weighted by molar-refractivity contribution is 6.30. The van der Waals surface area contributed by atoms with Gasteiger partial charge in [-0.15, -0.1) is 0 Å². The fraction of sp³-hybridized carbons (Fsp3) is 0.444. The van der Waals surface area contributed by atoms with Gasteiger partial charge in [-0.25, -0.2) is 0 Å². The van der Waals surface area contributed by atoms with Crippen molar-refractivity contribution in [3.05, 3.63) is 64.3 Å². The number of hydrogen-bond donors (Lipinski definition) is 0. The fourth-order valence-corrected chi connectivity index (χ4v) is 5.10. The number of hydrogen-bond acceptors (Lipinski definition) is 4. The lowest BCUT2D eigenvalue weighted by Crippen LogP contribution is -2.51. The zero-order valence-corrected chi connectivity index (χ0v) is 20.3. The summed E-state index contributed by atoms with van der Waals surface area (Å²) in [6, 6.07) is 11.0. The minimum Gasteiger partial charge on any atom is -0.378 e. The summed E-state index contributed by atoms with van der Waals surface area (Å²) in [5.41, 5.74) is 3.32. The minimum absolute atomic E-state index is 0.0379. The Bertz CT molecular complexity index is 1190. The van der Waals surface area contributed by atoms with E-state index in [9.17, 15) is 9.59 Å². The lowest BCUT2D eigenvalue weighted by atomic mass is 9.97. The predicted molar refractivity (Wildman–Crippen MR) is 132 cm³/mol. The Kier molecular flexibility index (Phi) is 6.70. The molecule has 0 aliphatic carbocycles. The lowest BCUT2D eigenvalue weighted by molar-refractivity contribution is 0.0104. The van der Waals surface area contributed by atoms with Gasteiger partial charge in [-0.2, -0.15) is 5.10 Å². The van der Waals surface area contributed by atoms with Crippen LogP contribution in [0.2, 0.25) is 5.02 Å². The van der Waals surface area contributed by atoms with Gasteiger partial charge in [0.2, 0.25) is 0 Å². The Morgan fingerprint density at radius 1 is 1.15 bits per heavy atom. The molecule has 0 radical (unpaired) electrons. The van der Waals surface area contributed by atoms with Gasteiger partial charge in [0.05, 0.1) is 11.6 Å². The number of likely N-dealkylation sites (tertiary alicyclic amines) is 1. The number of halogens is 1. The molecule has 1 amide bonds. The molecule has 3 heterocycles. The van der Waals surface area contributed by atoms with Crippen LogP contribution in [-0.4, -0.2) is 52.2 Å². The molecule has 1 unspecified atom stereocenters. The maximum absolute atomic E-state index is 12.9. The van der Waals surface area contributed by atoms with Crippen molar-refractivity contribution < 1.29 is 14.3 Å². The average Bonchev–Trinajstić information content (AvgIpc) is 3.21. The smallest absolute Gasteiger partial charge is 0.253 e. The quantitative estimate of drug-likeness (QED) is 0.431. The zero-order chi connectivity index (χ0) is 23.7. The Labute approximate surface area is 204 Å². The zero-order valence-electron chi connectivity index (χ0n) is 19.5. The molecule has 2 aliphatic rings. The summed E-state index contributed by atoms with van der Waals surface area (Å²) in [6.45, 7) is 4.97. The van der Waals surface area contributed by atoms with Crippen LogP contribution in [-0.2, 0) is 11.3 Å². The molecule has 2 aromatic carbocycles. The number of Topliss-reactive ketones (excluding diaryl/α,β-unsaturated/α-hetero) is 1. The Balaban J connectivity index is 1.19. The summed E-state index contributed by atoms with van der Waals surface area (Å²) in [6.07, 6.45) is 6.92. The van der Waals surface area contributed by atoms with Gasteiger partial charge in [0.25, 0.3) is 5.91 Å². The fourth-order valence-electron chi connectivity index (χ4n) is 4.97. The van der Waals surface area contributed by atoms with E-state index in [0.29, 0.717) is 36.0 Å². The van der Waals surface area contributed by atoms with E-state index >= 15 is 0 Å². The van der Waals surface area contributed by atoms with E-state index in [1.807, 2.05) is 34.8 Å². The van der Waals surface area contributed by atoms with Crippen molar-refractivity contribution in [3.63, 3.8) is 0 Å². The molecule has 6 nitrogen and oxygen atoms in total. The molecule has 2 aliphatic heterocycles. The van der Waals surface area contributed by atoms with Crippen LogP contribution >= 0.6 is 11.6 Å². The maximum atomic E-state index is 12.9. The molecule has 0 N–H and O–H groups in total. The molecule has 0 bridgehead atoms. The van der Waals surface area contributed by atoms with Crippen molar-refractivity contribution in [3.8, 4) is 0 Å². The topological polar surface area (TPSA) is 64.4 Å². The van der Waals surface area contributed by atoms with Gasteiger partial charge in [0.15, 0.2) is 5.78 Å². The van der Waals surface area contributed by atoms with Gasteiger partial charge in [0, 0.05) is 66.3 Å². The van der Waals surface area contributed by atoms with Gasteiger partial charge >= 0.3 is 0 Å². The summed E-state index contributed by atoms with van der Waals surface area (Å²) in [5, 5.41) is 6.33. The first-order valence-corrected chi connectivity index (χ1v) is 12.5. The van der Waals surface area contributed by atoms with Crippen LogP contribution < -0.4 is 0 Å². The van der Waals surface area contributed by atoms with Gasteiger partial charge in [-0.1, -0.05) is 11.6 Å². The SMILES string of the molecule is Cc1cc2nn(CC3CN(C(=O)c4ccc(Cl)cc4)C3)cc2cc1C(=O)CCC1CCCCO1. The highest BCUT2D eigenvalue weighted by Crippen LogP contribution is 2.25. The van der Waals surface area contributed by atoms with Crippen LogP contribution in [0.1, 0.15) is 58.4 Å². The number of benzene rings is 2. The molecule has 2 fully saturated rings. The number of amides is 1. The number of ether oxygens (including phenoxy) is 1. The first-order chi connectivity index (χ1) is 16.5. The number of carbonyl (C=O) groups excluding carboxylic acids is 2. The van der Waals surface area contributed by atoms with Crippen molar-refractivity contribution in [1.29, 1.82) is 0 Å². The molecule has 7 heteroatoms. The third kappa shape index (κ3) is 5.03. The van der Waals surface area contributed by atoms with E-state index < -0.39 is 0 Å². The van der Waals surface area contributed by atoms with Crippen molar-refractivity contribution >= 4 is 34.2 Å². The van der Waals surface area contributed by atoms with Crippen LogP contribution in [0.3, 0.4) is 0 Å². The third-order valence-corrected chi connectivity index (χ3v) is 7.20. The number of aryl methyl sites for hydroxylation is 1. The second-order valence-corrected chi connectivity index (χ2v) is 10.0. The molecule has 1 aromatic heterocycles. The van der Waals surface area contributed by atoms with Gasteiger partial charge in [0.1, 0.15) is 0 Å². The van der Waals surface area contributed by atoms with Crippen molar-refractivity contribution in [1.82, 2.24) is 14.7 Å². The van der Waals surface area contributed by atoms with E-state index in [1.54, 1.807) is 24.3 Å². The largest absolute Gasteiger partial charge is 0.378 e. The summed E-state index contributed by atoms with van der Waals surface area (Å²) >= 11 is 5.92. The second-order valence-electron chi connectivity index (χ2n) is 9.61. The van der Waals surface area contributed by atoms with E-state index in [0.717, 1.165) is 54.4 Å². The second kappa shape index (κ2) is 9.88. The highest BCUT2D eigenvalue weighted by Gasteiger charge is 2.31. The van der Waals surface area contributed by atoms with Crippen LogP contribution in [0.25, 0.3) is 10.9 Å². The number of ketones is 1. The molecule has 1 atom stereocenters. The predicted octanol–water partition coefficient (Wildman–Crippen LogP) is 5.30. The van der Waals surface area contributed by atoms with E-state index in [4.69, 9.17) is 21.4 Å². The highest BCUT2D eigenvalue weighted by atomic mass is 35.5. The number of carbonyl (C=O) groups is 2. The van der Waals surface area contributed by atoms with Gasteiger partial charge in [-0.05, 0) is 74.6 Å². The Morgan fingerprint density at radius 2 is 1.94 bits per heavy atom. The first kappa shape index (κ1) is 23.1. The van der Waals surface area contributed by atoms with Crippen LogP contribution in [0.4, 0.5) is 0 Å². The van der Waals surface area contributed by atoms with E-state index in [-0.39, 0.29) is 17.8 Å². The monoisotopic (exact) mass is 479 g/mol. The summed E-state index contributed by atoms with van der Waals surface area (Å²) in [4.78, 5) is 27.3.